The molecule has 13 heavy (non-hydrogen) atoms. The van der Waals surface area contributed by atoms with Crippen molar-refractivity contribution in [3.63, 3.8) is 0 Å². The number of rotatable bonds is 3. The third kappa shape index (κ3) is 2.77. The summed E-state index contributed by atoms with van der Waals surface area (Å²) in [4.78, 5) is 22.0. The smallest absolute Gasteiger partial charge is 0.252 e. The van der Waals surface area contributed by atoms with Gasteiger partial charge in [0.2, 0.25) is 0 Å². The van der Waals surface area contributed by atoms with E-state index in [1.165, 1.54) is 6.07 Å². The van der Waals surface area contributed by atoms with Gasteiger partial charge in [0.1, 0.15) is 0 Å². The van der Waals surface area contributed by atoms with Crippen molar-refractivity contribution in [2.24, 2.45) is 0 Å². The molecule has 0 radical (unpaired) electrons. The Hall–Kier alpha value is -0.420. The van der Waals surface area contributed by atoms with Crippen LogP contribution < -0.4 is 0 Å². The average Bonchev–Trinajstić information content (AvgIpc) is 2.17. The fourth-order valence-corrected chi connectivity index (χ4v) is 1.45. The number of carbonyl (C=O) groups is 2. The molecule has 2 nitrogen and oxygen atoms in total. The molecule has 0 unspecified atom stereocenters. The van der Waals surface area contributed by atoms with E-state index in [1.54, 1.807) is 18.2 Å². The van der Waals surface area contributed by atoms with Crippen LogP contribution in [0.15, 0.2) is 24.3 Å². The van der Waals surface area contributed by atoms with Crippen LogP contribution in [0.25, 0.3) is 0 Å². The van der Waals surface area contributed by atoms with Gasteiger partial charge in [-0.3, -0.25) is 9.59 Å². The van der Waals surface area contributed by atoms with Crippen molar-refractivity contribution < 1.29 is 9.59 Å². The molecule has 0 bridgehead atoms. The van der Waals surface area contributed by atoms with Crippen LogP contribution in [0.3, 0.4) is 0 Å². The molecule has 1 aromatic rings. The van der Waals surface area contributed by atoms with Crippen molar-refractivity contribution in [1.82, 2.24) is 0 Å². The SMILES string of the molecule is O=C(Cl)c1cccc(C(=O)CI)c1. The summed E-state index contributed by atoms with van der Waals surface area (Å²) in [6.07, 6.45) is 0. The Bertz CT molecular complexity index is 349. The zero-order valence-corrected chi connectivity index (χ0v) is 9.50. The second kappa shape index (κ2) is 4.72. The molecule has 0 N–H and O–H groups in total. The monoisotopic (exact) mass is 308 g/mol. The Labute approximate surface area is 94.4 Å². The minimum absolute atomic E-state index is 0.000340. The van der Waals surface area contributed by atoms with Crippen LogP contribution in [0.5, 0.6) is 0 Å². The molecule has 0 spiro atoms. The highest BCUT2D eigenvalue weighted by atomic mass is 127. The molecule has 0 aliphatic rings. The Balaban J connectivity index is 3.05. The molecule has 0 aliphatic carbocycles. The largest absolute Gasteiger partial charge is 0.293 e. The van der Waals surface area contributed by atoms with Crippen molar-refractivity contribution in [1.29, 1.82) is 0 Å². The number of carbonyl (C=O) groups excluding carboxylic acids is 2. The predicted octanol–water partition coefficient (Wildman–Crippen LogP) is 2.68. The normalized spacial score (nSPS) is 9.69. The summed E-state index contributed by atoms with van der Waals surface area (Å²) in [6, 6.07) is 6.41. The molecule has 68 valence electrons. The van der Waals surface area contributed by atoms with Crippen LogP contribution in [0.4, 0.5) is 0 Å². The molecule has 0 atom stereocenters. The van der Waals surface area contributed by atoms with E-state index in [1.807, 2.05) is 22.6 Å². The second-order valence-electron chi connectivity index (χ2n) is 2.41. The molecule has 0 aliphatic heterocycles. The third-order valence-corrected chi connectivity index (χ3v) is 2.44. The molecule has 0 aromatic heterocycles. The molecular formula is C9H6ClIO2. The van der Waals surface area contributed by atoms with E-state index in [4.69, 9.17) is 11.6 Å². The quantitative estimate of drug-likeness (QED) is 0.372. The molecular weight excluding hydrogens is 302 g/mol. The maximum absolute atomic E-state index is 11.2. The number of hydrogen-bond donors (Lipinski definition) is 0. The summed E-state index contributed by atoms with van der Waals surface area (Å²) in [5.74, 6) is 0.000340. The van der Waals surface area contributed by atoms with Gasteiger partial charge < -0.3 is 0 Å². The van der Waals surface area contributed by atoms with Gasteiger partial charge in [0.05, 0.1) is 4.43 Å². The number of Topliss-reactive ketones (excluding diaryl/α,β-unsaturated/α-hetero) is 1. The van der Waals surface area contributed by atoms with Crippen molar-refractivity contribution in [2.75, 3.05) is 4.43 Å². The maximum atomic E-state index is 11.2. The molecule has 1 aromatic carbocycles. The Kier molecular flexibility index (Phi) is 3.87. The van der Waals surface area contributed by atoms with E-state index in [0.717, 1.165) is 0 Å². The lowest BCUT2D eigenvalue weighted by Gasteiger charge is -1.98. The van der Waals surface area contributed by atoms with Crippen LogP contribution in [0.1, 0.15) is 20.7 Å². The number of hydrogen-bond acceptors (Lipinski definition) is 2. The lowest BCUT2D eigenvalue weighted by atomic mass is 10.1. The first-order chi connectivity index (χ1) is 6.15. The molecule has 4 heteroatoms. The van der Waals surface area contributed by atoms with Crippen molar-refractivity contribution in [3.05, 3.63) is 35.4 Å². The highest BCUT2D eigenvalue weighted by Gasteiger charge is 2.06. The number of ketones is 1. The van der Waals surface area contributed by atoms with Gasteiger partial charge in [0.25, 0.3) is 5.24 Å². The van der Waals surface area contributed by atoms with Gasteiger partial charge in [0.15, 0.2) is 5.78 Å². The Morgan fingerprint density at radius 3 is 2.46 bits per heavy atom. The average molecular weight is 309 g/mol. The topological polar surface area (TPSA) is 34.1 Å². The van der Waals surface area contributed by atoms with Crippen LogP contribution in [-0.4, -0.2) is 15.5 Å². The van der Waals surface area contributed by atoms with E-state index in [0.29, 0.717) is 15.6 Å². The lowest BCUT2D eigenvalue weighted by molar-refractivity contribution is 0.102. The van der Waals surface area contributed by atoms with Crippen LogP contribution in [0, 0.1) is 0 Å². The maximum Gasteiger partial charge on any atom is 0.252 e. The van der Waals surface area contributed by atoms with E-state index in [9.17, 15) is 9.59 Å². The predicted molar refractivity (Wildman–Crippen MR) is 59.8 cm³/mol. The zero-order valence-electron chi connectivity index (χ0n) is 6.59. The minimum Gasteiger partial charge on any atom is -0.293 e. The highest BCUT2D eigenvalue weighted by molar-refractivity contribution is 14.1. The van der Waals surface area contributed by atoms with E-state index in [-0.39, 0.29) is 5.78 Å². The molecule has 0 fully saturated rings. The first kappa shape index (κ1) is 10.7. The number of alkyl halides is 1. The first-order valence-corrected chi connectivity index (χ1v) is 5.44. The molecule has 0 amide bonds. The minimum atomic E-state index is -0.539. The van der Waals surface area contributed by atoms with Crippen molar-refractivity contribution in [3.8, 4) is 0 Å². The van der Waals surface area contributed by atoms with Gasteiger partial charge in [-0.1, -0.05) is 40.8 Å². The van der Waals surface area contributed by atoms with Gasteiger partial charge in [-0.2, -0.15) is 0 Å². The standard InChI is InChI=1S/C9H6ClIO2/c10-9(13)7-3-1-2-6(4-7)8(12)5-11/h1-4H,5H2. The summed E-state index contributed by atoms with van der Waals surface area (Å²) in [5, 5.41) is -0.539. The highest BCUT2D eigenvalue weighted by Crippen LogP contribution is 2.09. The van der Waals surface area contributed by atoms with E-state index >= 15 is 0 Å². The Morgan fingerprint density at radius 2 is 1.92 bits per heavy atom. The van der Waals surface area contributed by atoms with Crippen LogP contribution in [-0.2, 0) is 0 Å². The van der Waals surface area contributed by atoms with Crippen LogP contribution >= 0.6 is 34.2 Å². The molecule has 0 heterocycles. The van der Waals surface area contributed by atoms with Gasteiger partial charge in [-0.25, -0.2) is 0 Å². The fourth-order valence-electron chi connectivity index (χ4n) is 0.892. The number of benzene rings is 1. The summed E-state index contributed by atoms with van der Waals surface area (Å²) in [5.41, 5.74) is 0.887. The third-order valence-electron chi connectivity index (χ3n) is 1.53. The summed E-state index contributed by atoms with van der Waals surface area (Å²) < 4.78 is 0.400. The van der Waals surface area contributed by atoms with Crippen LogP contribution in [0.2, 0.25) is 0 Å². The van der Waals surface area contributed by atoms with Gasteiger partial charge >= 0.3 is 0 Å². The van der Waals surface area contributed by atoms with Crippen molar-refractivity contribution in [2.45, 2.75) is 0 Å². The van der Waals surface area contributed by atoms with E-state index in [2.05, 4.69) is 0 Å². The molecule has 0 saturated heterocycles. The Morgan fingerprint density at radius 1 is 1.31 bits per heavy atom. The van der Waals surface area contributed by atoms with Gasteiger partial charge in [-0.15, -0.1) is 0 Å². The molecule has 0 saturated carbocycles. The molecule has 1 rings (SSSR count). The summed E-state index contributed by atoms with van der Waals surface area (Å²) in [7, 11) is 0. The lowest BCUT2D eigenvalue weighted by Crippen LogP contribution is -2.01. The van der Waals surface area contributed by atoms with Gasteiger partial charge in [0, 0.05) is 11.1 Å². The van der Waals surface area contributed by atoms with Crippen molar-refractivity contribution >= 4 is 45.2 Å². The zero-order chi connectivity index (χ0) is 9.84. The fraction of sp³-hybridized carbons (Fsp3) is 0.111. The summed E-state index contributed by atoms with van der Waals surface area (Å²) in [6.45, 7) is 0. The number of halogens is 2. The first-order valence-electron chi connectivity index (χ1n) is 3.54. The van der Waals surface area contributed by atoms with Gasteiger partial charge in [-0.05, 0) is 17.7 Å². The van der Waals surface area contributed by atoms with E-state index < -0.39 is 5.24 Å². The summed E-state index contributed by atoms with van der Waals surface area (Å²) >= 11 is 7.25. The second-order valence-corrected chi connectivity index (χ2v) is 3.52.